The van der Waals surface area contributed by atoms with Gasteiger partial charge in [0.15, 0.2) is 0 Å². The van der Waals surface area contributed by atoms with Gasteiger partial charge >= 0.3 is 12.0 Å². The zero-order valence-electron chi connectivity index (χ0n) is 30.5. The summed E-state index contributed by atoms with van der Waals surface area (Å²) in [5, 5.41) is 16.3. The Bertz CT molecular complexity index is 1450. The summed E-state index contributed by atoms with van der Waals surface area (Å²) in [5.41, 5.74) is 4.68. The van der Waals surface area contributed by atoms with Crippen LogP contribution in [0.15, 0.2) is 42.5 Å². The molecule has 1 aromatic carbocycles. The second kappa shape index (κ2) is 11.8. The van der Waals surface area contributed by atoms with Gasteiger partial charge in [-0.05, 0) is 153 Å². The first-order valence-corrected chi connectivity index (χ1v) is 18.4. The average molecular weight is 644 g/mol. The molecule has 0 radical (unpaired) electrons. The number of fused-ring (bicyclic) bond motifs is 7. The number of likely N-dealkylation sites (N-methyl/N-ethyl adjacent to an activating group) is 1. The maximum Gasteiger partial charge on any atom is 0.335 e. The standard InChI is InChI=1S/C41H61N3O3/c1-26(2)29-16-21-41(43-36(47)42-24-25-44(8)9)23-22-39(6)31(34(29)41)14-15-33-38(5)19-17-30(27-10-12-28(13-11-27)35(45)46)37(3,4)32(38)18-20-40(33,39)7/h10-13,17,29,31-34H,1,14-16,18-25H2,2-9H3,(H,45,46)(H2,42,43,47). The van der Waals surface area contributed by atoms with Crippen molar-refractivity contribution in [3.05, 3.63) is 53.6 Å². The zero-order valence-corrected chi connectivity index (χ0v) is 30.5. The van der Waals surface area contributed by atoms with Crippen LogP contribution in [0.5, 0.6) is 0 Å². The highest BCUT2D eigenvalue weighted by Crippen LogP contribution is 2.76. The van der Waals surface area contributed by atoms with E-state index in [2.05, 4.69) is 69.7 Å². The summed E-state index contributed by atoms with van der Waals surface area (Å²) in [6, 6.07) is 7.55. The lowest BCUT2D eigenvalue weighted by molar-refractivity contribution is -0.218. The molecule has 6 nitrogen and oxygen atoms in total. The van der Waals surface area contributed by atoms with Crippen LogP contribution in [0.3, 0.4) is 0 Å². The highest BCUT2D eigenvalue weighted by Gasteiger charge is 2.70. The number of carboxylic acids is 1. The van der Waals surface area contributed by atoms with Gasteiger partial charge < -0.3 is 20.6 Å². The largest absolute Gasteiger partial charge is 0.478 e. The van der Waals surface area contributed by atoms with E-state index < -0.39 is 5.97 Å². The second-order valence-corrected chi connectivity index (χ2v) is 18.0. The lowest BCUT2D eigenvalue weighted by Crippen LogP contribution is -2.68. The fourth-order valence-corrected chi connectivity index (χ4v) is 12.9. The van der Waals surface area contributed by atoms with Crippen LogP contribution in [-0.2, 0) is 0 Å². The molecule has 0 aliphatic heterocycles. The van der Waals surface area contributed by atoms with E-state index in [1.54, 1.807) is 12.1 Å². The molecule has 0 saturated heterocycles. The molecule has 1 aromatic rings. The summed E-state index contributed by atoms with van der Waals surface area (Å²) < 4.78 is 0. The van der Waals surface area contributed by atoms with E-state index in [-0.39, 0.29) is 33.2 Å². The van der Waals surface area contributed by atoms with Crippen molar-refractivity contribution in [2.75, 3.05) is 27.2 Å². The van der Waals surface area contributed by atoms with Crippen molar-refractivity contribution in [1.82, 2.24) is 15.5 Å². The Morgan fingerprint density at radius 3 is 2.26 bits per heavy atom. The lowest BCUT2D eigenvalue weighted by atomic mass is 9.33. The van der Waals surface area contributed by atoms with Crippen LogP contribution in [0.2, 0.25) is 0 Å². The number of carbonyl (C=O) groups is 2. The van der Waals surface area contributed by atoms with E-state index in [1.807, 2.05) is 26.2 Å². The molecule has 0 spiro atoms. The molecule has 2 amide bonds. The monoisotopic (exact) mass is 643 g/mol. The van der Waals surface area contributed by atoms with Crippen LogP contribution < -0.4 is 10.6 Å². The van der Waals surface area contributed by atoms with E-state index in [1.165, 1.54) is 48.8 Å². The van der Waals surface area contributed by atoms with Gasteiger partial charge in [-0.3, -0.25) is 0 Å². The first-order chi connectivity index (χ1) is 22.0. The van der Waals surface area contributed by atoms with Crippen molar-refractivity contribution < 1.29 is 14.7 Å². The Morgan fingerprint density at radius 2 is 1.62 bits per heavy atom. The first-order valence-electron chi connectivity index (χ1n) is 18.4. The SMILES string of the molecule is C=C(C)C1CCC2(NC(=O)NCCN(C)C)CCC3(C)C(CCC4C5(C)CC=C(c6ccc(C(=O)O)cc6)C(C)(C)C5CCC43C)C12. The third kappa shape index (κ3) is 5.22. The summed E-state index contributed by atoms with van der Waals surface area (Å²) in [5.74, 6) is 1.80. The number of carbonyl (C=O) groups excluding carboxylic acids is 1. The van der Waals surface area contributed by atoms with Crippen LogP contribution in [-0.4, -0.2) is 54.7 Å². The van der Waals surface area contributed by atoms with Crippen LogP contribution >= 0.6 is 0 Å². The molecule has 6 heteroatoms. The number of nitrogens with one attached hydrogen (secondary N) is 2. The number of urea groups is 1. The number of amides is 2. The Balaban J connectivity index is 1.30. The molecule has 3 N–H and O–H groups in total. The van der Waals surface area contributed by atoms with Crippen molar-refractivity contribution in [2.24, 2.45) is 51.2 Å². The van der Waals surface area contributed by atoms with Crippen LogP contribution in [0, 0.1) is 51.2 Å². The van der Waals surface area contributed by atoms with E-state index in [0.717, 1.165) is 32.2 Å². The second-order valence-electron chi connectivity index (χ2n) is 18.0. The van der Waals surface area contributed by atoms with Crippen molar-refractivity contribution in [3.63, 3.8) is 0 Å². The fourth-order valence-electron chi connectivity index (χ4n) is 12.9. The molecule has 5 aliphatic rings. The molecular weight excluding hydrogens is 582 g/mol. The Labute approximate surface area is 284 Å². The van der Waals surface area contributed by atoms with Gasteiger partial charge in [-0.1, -0.05) is 65.0 Å². The van der Waals surface area contributed by atoms with Gasteiger partial charge in [-0.15, -0.1) is 0 Å². The predicted octanol–water partition coefficient (Wildman–Crippen LogP) is 8.65. The summed E-state index contributed by atoms with van der Waals surface area (Å²) in [7, 11) is 4.08. The summed E-state index contributed by atoms with van der Waals surface area (Å²) in [4.78, 5) is 27.0. The molecule has 6 rings (SSSR count). The number of aromatic carboxylic acids is 1. The molecule has 47 heavy (non-hydrogen) atoms. The third-order valence-electron chi connectivity index (χ3n) is 15.3. The van der Waals surface area contributed by atoms with Gasteiger partial charge in [0, 0.05) is 18.6 Å². The molecule has 0 heterocycles. The van der Waals surface area contributed by atoms with E-state index >= 15 is 0 Å². The van der Waals surface area contributed by atoms with Crippen molar-refractivity contribution in [1.29, 1.82) is 0 Å². The minimum atomic E-state index is -0.872. The van der Waals surface area contributed by atoms with Gasteiger partial charge in [-0.25, -0.2) is 9.59 Å². The first kappa shape index (κ1) is 34.3. The van der Waals surface area contributed by atoms with Crippen LogP contribution in [0.4, 0.5) is 4.79 Å². The number of rotatable bonds is 7. The normalized spacial score (nSPS) is 40.3. The minimum absolute atomic E-state index is 0.000337. The molecule has 0 aromatic heterocycles. The van der Waals surface area contributed by atoms with Crippen LogP contribution in [0.1, 0.15) is 115 Å². The number of benzene rings is 1. The van der Waals surface area contributed by atoms with Crippen molar-refractivity contribution in [3.8, 4) is 0 Å². The maximum absolute atomic E-state index is 13.4. The topological polar surface area (TPSA) is 81.7 Å². The molecule has 258 valence electrons. The summed E-state index contributed by atoms with van der Waals surface area (Å²) in [6.07, 6.45) is 12.9. The smallest absolute Gasteiger partial charge is 0.335 e. The van der Waals surface area contributed by atoms with Crippen molar-refractivity contribution >= 4 is 17.6 Å². The van der Waals surface area contributed by atoms with Gasteiger partial charge in [0.05, 0.1) is 5.56 Å². The highest BCUT2D eigenvalue weighted by molar-refractivity contribution is 5.88. The Kier molecular flexibility index (Phi) is 8.59. The molecular formula is C41H61N3O3. The zero-order chi connectivity index (χ0) is 34.2. The summed E-state index contributed by atoms with van der Waals surface area (Å²) in [6.45, 7) is 21.1. The fraction of sp³-hybridized carbons (Fsp3) is 0.707. The molecule has 4 saturated carbocycles. The number of carboxylic acid groups (broad SMARTS) is 1. The van der Waals surface area contributed by atoms with E-state index in [9.17, 15) is 14.7 Å². The van der Waals surface area contributed by atoms with Gasteiger partial charge in [0.2, 0.25) is 0 Å². The molecule has 5 aliphatic carbocycles. The molecule has 0 bridgehead atoms. The van der Waals surface area contributed by atoms with E-state index in [4.69, 9.17) is 0 Å². The average Bonchev–Trinajstić information content (AvgIpc) is 3.36. The van der Waals surface area contributed by atoms with Crippen molar-refractivity contribution in [2.45, 2.75) is 105 Å². The Morgan fingerprint density at radius 1 is 0.915 bits per heavy atom. The molecule has 4 fully saturated rings. The predicted molar refractivity (Wildman–Crippen MR) is 191 cm³/mol. The minimum Gasteiger partial charge on any atom is -0.478 e. The number of hydrogen-bond donors (Lipinski definition) is 3. The maximum atomic E-state index is 13.4. The number of allylic oxidation sites excluding steroid dienone is 3. The van der Waals surface area contributed by atoms with Crippen LogP contribution in [0.25, 0.3) is 5.57 Å². The van der Waals surface area contributed by atoms with Gasteiger partial charge in [-0.2, -0.15) is 0 Å². The number of nitrogens with zero attached hydrogens (tertiary/aromatic N) is 1. The quantitative estimate of drug-likeness (QED) is 0.260. The lowest BCUT2D eigenvalue weighted by Gasteiger charge is -2.72. The molecule has 9 atom stereocenters. The van der Waals surface area contributed by atoms with Gasteiger partial charge in [0.1, 0.15) is 0 Å². The highest BCUT2D eigenvalue weighted by atomic mass is 16.4. The Hall–Kier alpha value is -2.60. The molecule has 9 unspecified atom stereocenters. The van der Waals surface area contributed by atoms with E-state index in [0.29, 0.717) is 41.7 Å². The number of hydrogen-bond acceptors (Lipinski definition) is 3. The van der Waals surface area contributed by atoms with Gasteiger partial charge in [0.25, 0.3) is 0 Å². The third-order valence-corrected chi connectivity index (χ3v) is 15.3. The summed E-state index contributed by atoms with van der Waals surface area (Å²) >= 11 is 0.